The maximum atomic E-state index is 13.6. The van der Waals surface area contributed by atoms with Crippen molar-refractivity contribution in [3.05, 3.63) is 65.5 Å². The molecule has 2 aromatic rings. The number of ether oxygens (including phenoxy) is 2. The average molecular weight is 385 g/mol. The number of halogens is 1. The number of alkyl carbamates (subject to hydrolysis) is 1. The second-order valence-electron chi connectivity index (χ2n) is 7.33. The van der Waals surface area contributed by atoms with E-state index in [1.54, 1.807) is 6.07 Å². The molecule has 0 bridgehead atoms. The zero-order chi connectivity index (χ0) is 19.7. The first-order valence-corrected chi connectivity index (χ1v) is 9.11. The number of hydrogen-bond acceptors (Lipinski definition) is 4. The fraction of sp³-hybridized carbons (Fsp3) is 0.333. The monoisotopic (exact) mass is 385 g/mol. The predicted molar refractivity (Wildman–Crippen MR) is 97.5 cm³/mol. The molecule has 28 heavy (non-hydrogen) atoms. The molecule has 146 valence electrons. The molecule has 1 heterocycles. The Morgan fingerprint density at radius 2 is 2.00 bits per heavy atom. The number of fused-ring (bicyclic) bond motifs is 1. The van der Waals surface area contributed by atoms with E-state index in [1.807, 2.05) is 30.3 Å². The summed E-state index contributed by atoms with van der Waals surface area (Å²) < 4.78 is 24.4. The largest absolute Gasteiger partial charge is 0.493 e. The molecule has 7 heteroatoms. The Bertz CT molecular complexity index is 897. The number of carboxylic acids is 1. The highest BCUT2D eigenvalue weighted by atomic mass is 19.1. The van der Waals surface area contributed by atoms with Gasteiger partial charge in [0.2, 0.25) is 0 Å². The number of nitrogens with one attached hydrogen (secondary N) is 1. The van der Waals surface area contributed by atoms with Crippen molar-refractivity contribution in [1.82, 2.24) is 5.32 Å². The van der Waals surface area contributed by atoms with Crippen molar-refractivity contribution in [3.8, 4) is 5.75 Å². The van der Waals surface area contributed by atoms with E-state index in [-0.39, 0.29) is 12.0 Å². The van der Waals surface area contributed by atoms with E-state index < -0.39 is 29.8 Å². The summed E-state index contributed by atoms with van der Waals surface area (Å²) in [7, 11) is 0. The van der Waals surface area contributed by atoms with Gasteiger partial charge in [0.05, 0.1) is 6.61 Å². The van der Waals surface area contributed by atoms with Gasteiger partial charge in [-0.25, -0.2) is 14.0 Å². The molecule has 6 nitrogen and oxygen atoms in total. The van der Waals surface area contributed by atoms with Gasteiger partial charge >= 0.3 is 12.1 Å². The van der Waals surface area contributed by atoms with Gasteiger partial charge in [0, 0.05) is 23.0 Å². The Kier molecular flexibility index (Phi) is 4.66. The van der Waals surface area contributed by atoms with Crippen molar-refractivity contribution in [2.75, 3.05) is 6.61 Å². The van der Waals surface area contributed by atoms with Gasteiger partial charge in [-0.15, -0.1) is 0 Å². The third kappa shape index (κ3) is 3.52. The fourth-order valence-electron chi connectivity index (χ4n) is 3.86. The topological polar surface area (TPSA) is 84.9 Å². The molecule has 0 saturated heterocycles. The fourth-order valence-corrected chi connectivity index (χ4v) is 3.86. The predicted octanol–water partition coefficient (Wildman–Crippen LogP) is 3.46. The summed E-state index contributed by atoms with van der Waals surface area (Å²) in [5.74, 6) is -1.80. The van der Waals surface area contributed by atoms with Crippen LogP contribution in [0.3, 0.4) is 0 Å². The van der Waals surface area contributed by atoms with E-state index >= 15 is 0 Å². The van der Waals surface area contributed by atoms with Crippen molar-refractivity contribution in [3.63, 3.8) is 0 Å². The first-order chi connectivity index (χ1) is 13.5. The molecule has 1 saturated carbocycles. The minimum Gasteiger partial charge on any atom is -0.493 e. The summed E-state index contributed by atoms with van der Waals surface area (Å²) in [6, 6.07) is 12.0. The number of benzene rings is 2. The summed E-state index contributed by atoms with van der Waals surface area (Å²) in [5.41, 5.74) is 1.04. The molecule has 2 N–H and O–H groups in total. The summed E-state index contributed by atoms with van der Waals surface area (Å²) in [4.78, 5) is 24.3. The Hall–Kier alpha value is -3.09. The molecule has 0 radical (unpaired) electrons. The normalized spacial score (nSPS) is 19.8. The van der Waals surface area contributed by atoms with Gasteiger partial charge in [0.25, 0.3) is 0 Å². The van der Waals surface area contributed by atoms with E-state index in [4.69, 9.17) is 9.47 Å². The third-order valence-corrected chi connectivity index (χ3v) is 5.46. The van der Waals surface area contributed by atoms with Crippen molar-refractivity contribution in [1.29, 1.82) is 0 Å². The van der Waals surface area contributed by atoms with Gasteiger partial charge < -0.3 is 19.9 Å². The lowest BCUT2D eigenvalue weighted by molar-refractivity contribution is -0.140. The van der Waals surface area contributed by atoms with Crippen LogP contribution in [0.15, 0.2) is 48.5 Å². The van der Waals surface area contributed by atoms with Crippen LogP contribution in [0.2, 0.25) is 0 Å². The minimum atomic E-state index is -1.20. The van der Waals surface area contributed by atoms with E-state index in [0.29, 0.717) is 17.9 Å². The van der Waals surface area contributed by atoms with Crippen LogP contribution in [0.5, 0.6) is 5.75 Å². The van der Waals surface area contributed by atoms with Crippen LogP contribution in [0.25, 0.3) is 0 Å². The Balaban J connectivity index is 1.54. The molecular formula is C21H20FNO5. The average Bonchev–Trinajstić information content (AvgIpc) is 3.46. The molecule has 1 aliphatic carbocycles. The summed E-state index contributed by atoms with van der Waals surface area (Å²) >= 11 is 0. The van der Waals surface area contributed by atoms with Gasteiger partial charge in [0.1, 0.15) is 24.2 Å². The zero-order valence-corrected chi connectivity index (χ0v) is 15.1. The summed E-state index contributed by atoms with van der Waals surface area (Å²) in [6.45, 7) is 0.346. The number of carboxylic acid groups (broad SMARTS) is 1. The van der Waals surface area contributed by atoms with Crippen LogP contribution in [-0.4, -0.2) is 29.8 Å². The highest BCUT2D eigenvalue weighted by molar-refractivity contribution is 5.81. The van der Waals surface area contributed by atoms with Gasteiger partial charge in [-0.1, -0.05) is 36.4 Å². The molecule has 1 unspecified atom stereocenters. The van der Waals surface area contributed by atoms with E-state index in [0.717, 1.165) is 18.4 Å². The van der Waals surface area contributed by atoms with E-state index in [9.17, 15) is 19.1 Å². The molecule has 1 fully saturated rings. The molecule has 1 aliphatic heterocycles. The Labute approximate surface area is 161 Å². The van der Waals surface area contributed by atoms with Crippen molar-refractivity contribution in [2.45, 2.75) is 31.4 Å². The molecule has 4 rings (SSSR count). The number of hydrogen-bond donors (Lipinski definition) is 2. The van der Waals surface area contributed by atoms with Gasteiger partial charge in [0.15, 0.2) is 0 Å². The van der Waals surface area contributed by atoms with Gasteiger partial charge in [-0.05, 0) is 24.5 Å². The van der Waals surface area contributed by atoms with Crippen molar-refractivity contribution >= 4 is 12.1 Å². The van der Waals surface area contributed by atoms with Gasteiger partial charge in [-0.2, -0.15) is 0 Å². The standard InChI is InChI=1S/C21H20FNO5/c22-14-6-7-15-16(10-14)28-12-21(8-9-21)17(15)18(19(24)25)23-20(26)27-11-13-4-2-1-3-5-13/h1-7,10,17-18H,8-9,11-12H2,(H,23,26)(H,24,25)/t17?,18-/m0/s1. The smallest absolute Gasteiger partial charge is 0.408 e. The number of rotatable bonds is 5. The zero-order valence-electron chi connectivity index (χ0n) is 15.1. The molecule has 2 aliphatic rings. The first-order valence-electron chi connectivity index (χ1n) is 9.11. The maximum Gasteiger partial charge on any atom is 0.408 e. The molecule has 2 atom stereocenters. The van der Waals surface area contributed by atoms with Crippen LogP contribution in [-0.2, 0) is 16.1 Å². The van der Waals surface area contributed by atoms with Crippen LogP contribution in [0.1, 0.15) is 29.9 Å². The lowest BCUT2D eigenvalue weighted by Crippen LogP contribution is -2.50. The van der Waals surface area contributed by atoms with E-state index in [2.05, 4.69) is 5.32 Å². The Morgan fingerprint density at radius 3 is 2.68 bits per heavy atom. The Morgan fingerprint density at radius 1 is 1.25 bits per heavy atom. The molecule has 2 aromatic carbocycles. The maximum absolute atomic E-state index is 13.6. The number of carbonyl (C=O) groups is 2. The highest BCUT2D eigenvalue weighted by Gasteiger charge is 2.58. The first kappa shape index (κ1) is 18.3. The van der Waals surface area contributed by atoms with Crippen LogP contribution in [0, 0.1) is 11.2 Å². The minimum absolute atomic E-state index is 0.0414. The van der Waals surface area contributed by atoms with Crippen LogP contribution >= 0.6 is 0 Å². The number of amides is 1. The highest BCUT2D eigenvalue weighted by Crippen LogP contribution is 2.61. The molecule has 1 amide bonds. The molecule has 1 spiro atoms. The van der Waals surface area contributed by atoms with Crippen molar-refractivity contribution in [2.24, 2.45) is 5.41 Å². The second kappa shape index (κ2) is 7.14. The second-order valence-corrected chi connectivity index (χ2v) is 7.33. The SMILES string of the molecule is O=C(N[C@H](C(=O)O)C1c2ccc(F)cc2OCC12CC2)OCc1ccccc1. The summed E-state index contributed by atoms with van der Waals surface area (Å²) in [5, 5.41) is 12.3. The van der Waals surface area contributed by atoms with E-state index in [1.165, 1.54) is 12.1 Å². The van der Waals surface area contributed by atoms with Crippen LogP contribution in [0.4, 0.5) is 9.18 Å². The third-order valence-electron chi connectivity index (χ3n) is 5.46. The van der Waals surface area contributed by atoms with Gasteiger partial charge in [-0.3, -0.25) is 0 Å². The summed E-state index contributed by atoms with van der Waals surface area (Å²) in [6.07, 6.45) is 0.778. The molecular weight excluding hydrogens is 365 g/mol. The molecule has 0 aromatic heterocycles. The van der Waals surface area contributed by atoms with Crippen molar-refractivity contribution < 1.29 is 28.6 Å². The quantitative estimate of drug-likeness (QED) is 0.823. The number of aliphatic carboxylic acids is 1. The van der Waals surface area contributed by atoms with Crippen LogP contribution < -0.4 is 10.1 Å². The lowest BCUT2D eigenvalue weighted by Gasteiger charge is -2.37. The lowest BCUT2D eigenvalue weighted by atomic mass is 9.76. The number of carbonyl (C=O) groups excluding carboxylic acids is 1.